The number of oxazole rings is 1. The molecular formula is C25H20F3N5O2. The van der Waals surface area contributed by atoms with Crippen LogP contribution in [0.25, 0.3) is 11.3 Å². The number of aryl methyl sites for hydroxylation is 1. The van der Waals surface area contributed by atoms with E-state index in [2.05, 4.69) is 20.6 Å². The summed E-state index contributed by atoms with van der Waals surface area (Å²) in [5.74, 6) is 0.574. The van der Waals surface area contributed by atoms with Crippen molar-refractivity contribution in [3.63, 3.8) is 0 Å². The summed E-state index contributed by atoms with van der Waals surface area (Å²) < 4.78 is 45.5. The van der Waals surface area contributed by atoms with Gasteiger partial charge in [-0.3, -0.25) is 9.88 Å². The van der Waals surface area contributed by atoms with Crippen LogP contribution in [0, 0.1) is 6.92 Å². The maximum atomic E-state index is 13.2. The number of anilines is 3. The van der Waals surface area contributed by atoms with E-state index in [4.69, 9.17) is 4.42 Å². The van der Waals surface area contributed by atoms with E-state index in [9.17, 15) is 18.0 Å². The predicted octanol–water partition coefficient (Wildman–Crippen LogP) is 6.08. The second-order valence-electron chi connectivity index (χ2n) is 8.08. The molecule has 5 rings (SSSR count). The molecule has 0 aliphatic carbocycles. The Morgan fingerprint density at radius 2 is 1.91 bits per heavy atom. The van der Waals surface area contributed by atoms with Crippen molar-refractivity contribution in [1.82, 2.24) is 15.3 Å². The van der Waals surface area contributed by atoms with Crippen molar-refractivity contribution in [2.45, 2.75) is 19.1 Å². The standard InChI is InChI=1S/C25H20F3N5O2/c1-15-5-6-17(11-20(15)32-23-30-14-22(35-23)16-7-9-29-10-8-16)21-13-31-24(34)33(21)19-4-2-3-18(12-19)25(26,27)28/h2-12,14,21H,13H2,1H3,(H,30,32)(H,31,34). The smallest absolute Gasteiger partial charge is 0.416 e. The Kier molecular flexibility index (Phi) is 5.64. The van der Waals surface area contributed by atoms with Gasteiger partial charge in [-0.05, 0) is 54.4 Å². The zero-order valence-corrected chi connectivity index (χ0v) is 18.5. The van der Waals surface area contributed by atoms with E-state index in [1.165, 1.54) is 17.0 Å². The summed E-state index contributed by atoms with van der Waals surface area (Å²) in [4.78, 5) is 22.2. The van der Waals surface area contributed by atoms with Crippen LogP contribution in [-0.4, -0.2) is 22.5 Å². The highest BCUT2D eigenvalue weighted by Gasteiger charge is 2.36. The number of nitrogens with one attached hydrogen (secondary N) is 2. The molecular weight excluding hydrogens is 459 g/mol. The van der Waals surface area contributed by atoms with Crippen LogP contribution >= 0.6 is 0 Å². The number of carbonyl (C=O) groups excluding carboxylic acids is 1. The van der Waals surface area contributed by atoms with Gasteiger partial charge in [-0.2, -0.15) is 13.2 Å². The molecule has 0 saturated carbocycles. The molecule has 3 heterocycles. The van der Waals surface area contributed by atoms with Crippen molar-refractivity contribution >= 4 is 23.4 Å². The zero-order valence-electron chi connectivity index (χ0n) is 18.5. The van der Waals surface area contributed by atoms with Gasteiger partial charge in [0.25, 0.3) is 6.01 Å². The molecule has 0 radical (unpaired) electrons. The molecule has 7 nitrogen and oxygen atoms in total. The van der Waals surface area contributed by atoms with Gasteiger partial charge in [0, 0.05) is 35.9 Å². The van der Waals surface area contributed by atoms with E-state index in [-0.39, 0.29) is 18.2 Å². The maximum absolute atomic E-state index is 13.2. The summed E-state index contributed by atoms with van der Waals surface area (Å²) in [6.07, 6.45) is 0.414. The van der Waals surface area contributed by atoms with Gasteiger partial charge in [0.15, 0.2) is 5.76 Å². The molecule has 1 atom stereocenters. The molecule has 1 unspecified atom stereocenters. The molecule has 10 heteroatoms. The lowest BCUT2D eigenvalue weighted by molar-refractivity contribution is -0.137. The first-order valence-corrected chi connectivity index (χ1v) is 10.8. The number of carbonyl (C=O) groups is 1. The van der Waals surface area contributed by atoms with Crippen LogP contribution in [0.4, 0.5) is 35.4 Å². The lowest BCUT2D eigenvalue weighted by atomic mass is 10.0. The van der Waals surface area contributed by atoms with E-state index in [0.29, 0.717) is 11.4 Å². The highest BCUT2D eigenvalue weighted by Crippen LogP contribution is 2.37. The van der Waals surface area contributed by atoms with Crippen LogP contribution < -0.4 is 15.5 Å². The van der Waals surface area contributed by atoms with Crippen LogP contribution in [-0.2, 0) is 6.18 Å². The molecule has 0 spiro atoms. The van der Waals surface area contributed by atoms with Crippen molar-refractivity contribution in [2.24, 2.45) is 0 Å². The third-order valence-electron chi connectivity index (χ3n) is 5.79. The molecule has 1 aliphatic heterocycles. The average Bonchev–Trinajstić information content (AvgIpc) is 3.47. The third kappa shape index (κ3) is 4.54. The Balaban J connectivity index is 1.43. The van der Waals surface area contributed by atoms with Crippen LogP contribution in [0.2, 0.25) is 0 Å². The average molecular weight is 479 g/mol. The Morgan fingerprint density at radius 1 is 1.11 bits per heavy atom. The maximum Gasteiger partial charge on any atom is 0.416 e. The van der Waals surface area contributed by atoms with Crippen molar-refractivity contribution < 1.29 is 22.4 Å². The summed E-state index contributed by atoms with van der Waals surface area (Å²) in [5.41, 5.74) is 2.54. The molecule has 2 amide bonds. The number of rotatable bonds is 5. The highest BCUT2D eigenvalue weighted by atomic mass is 19.4. The Labute approximate surface area is 198 Å². The van der Waals surface area contributed by atoms with Crippen molar-refractivity contribution in [3.05, 3.63) is 89.9 Å². The number of benzene rings is 2. The van der Waals surface area contributed by atoms with Gasteiger partial charge in [0.1, 0.15) is 0 Å². The number of hydrogen-bond donors (Lipinski definition) is 2. The van der Waals surface area contributed by atoms with Gasteiger partial charge >= 0.3 is 12.2 Å². The first kappa shape index (κ1) is 22.5. The summed E-state index contributed by atoms with van der Waals surface area (Å²) in [6, 6.07) is 13.3. The van der Waals surface area contributed by atoms with Crippen molar-refractivity contribution in [3.8, 4) is 11.3 Å². The number of amides is 2. The normalized spacial score (nSPS) is 15.8. The number of halogens is 3. The highest BCUT2D eigenvalue weighted by molar-refractivity contribution is 5.95. The third-order valence-corrected chi connectivity index (χ3v) is 5.79. The van der Waals surface area contributed by atoms with E-state index in [0.717, 1.165) is 28.8 Å². The van der Waals surface area contributed by atoms with Gasteiger partial charge in [0.05, 0.1) is 17.8 Å². The summed E-state index contributed by atoms with van der Waals surface area (Å²) >= 11 is 0. The molecule has 2 aromatic heterocycles. The molecule has 1 fully saturated rings. The number of pyridine rings is 1. The first-order valence-electron chi connectivity index (χ1n) is 10.8. The molecule has 4 aromatic rings. The number of hydrogen-bond acceptors (Lipinski definition) is 5. The van der Waals surface area contributed by atoms with Crippen molar-refractivity contribution in [1.29, 1.82) is 0 Å². The Bertz CT molecular complexity index is 1370. The summed E-state index contributed by atoms with van der Waals surface area (Å²) in [7, 11) is 0. The van der Waals surface area contributed by atoms with Crippen LogP contribution in [0.1, 0.15) is 22.7 Å². The van der Waals surface area contributed by atoms with E-state index in [1.54, 1.807) is 18.6 Å². The van der Waals surface area contributed by atoms with Crippen LogP contribution in [0.5, 0.6) is 0 Å². The zero-order chi connectivity index (χ0) is 24.6. The minimum absolute atomic E-state index is 0.171. The Morgan fingerprint density at radius 3 is 2.69 bits per heavy atom. The molecule has 1 aliphatic rings. The molecule has 2 aromatic carbocycles. The molecule has 0 bridgehead atoms. The van der Waals surface area contributed by atoms with E-state index < -0.39 is 23.8 Å². The van der Waals surface area contributed by atoms with Crippen molar-refractivity contribution in [2.75, 3.05) is 16.8 Å². The van der Waals surface area contributed by atoms with Gasteiger partial charge in [-0.1, -0.05) is 18.2 Å². The van der Waals surface area contributed by atoms with Gasteiger partial charge in [-0.25, -0.2) is 9.78 Å². The van der Waals surface area contributed by atoms with Gasteiger partial charge in [-0.15, -0.1) is 0 Å². The number of nitrogens with zero attached hydrogens (tertiary/aromatic N) is 3. The lowest BCUT2D eigenvalue weighted by Crippen LogP contribution is -2.30. The lowest BCUT2D eigenvalue weighted by Gasteiger charge is -2.25. The quantitative estimate of drug-likeness (QED) is 0.363. The molecule has 178 valence electrons. The van der Waals surface area contributed by atoms with Crippen LogP contribution in [0.3, 0.4) is 0 Å². The molecule has 2 N–H and O–H groups in total. The van der Waals surface area contributed by atoms with Crippen LogP contribution in [0.15, 0.2) is 77.6 Å². The van der Waals surface area contributed by atoms with E-state index in [1.807, 2.05) is 37.3 Å². The molecule has 35 heavy (non-hydrogen) atoms. The monoisotopic (exact) mass is 479 g/mol. The number of alkyl halides is 3. The second kappa shape index (κ2) is 8.79. The van der Waals surface area contributed by atoms with E-state index >= 15 is 0 Å². The SMILES string of the molecule is Cc1ccc(C2CNC(=O)N2c2cccc(C(F)(F)F)c2)cc1Nc1ncc(-c2ccncc2)o1. The summed E-state index contributed by atoms with van der Waals surface area (Å²) in [5, 5.41) is 5.88. The summed E-state index contributed by atoms with van der Waals surface area (Å²) in [6.45, 7) is 2.16. The largest absolute Gasteiger partial charge is 0.423 e. The fourth-order valence-corrected chi connectivity index (χ4v) is 3.98. The fraction of sp³-hybridized carbons (Fsp3) is 0.160. The number of urea groups is 1. The van der Waals surface area contributed by atoms with Gasteiger partial charge in [0.2, 0.25) is 0 Å². The number of aromatic nitrogens is 2. The minimum atomic E-state index is -4.51. The fourth-order valence-electron chi connectivity index (χ4n) is 3.98. The topological polar surface area (TPSA) is 83.3 Å². The molecule has 1 saturated heterocycles. The second-order valence-corrected chi connectivity index (χ2v) is 8.08. The minimum Gasteiger partial charge on any atom is -0.423 e. The Hall–Kier alpha value is -4.34. The predicted molar refractivity (Wildman–Crippen MR) is 124 cm³/mol. The van der Waals surface area contributed by atoms with Gasteiger partial charge < -0.3 is 15.1 Å². The first-order chi connectivity index (χ1) is 16.8.